The van der Waals surface area contributed by atoms with Crippen LogP contribution in [0, 0.1) is 17.2 Å². The number of fused-ring (bicyclic) bond motifs is 4. The van der Waals surface area contributed by atoms with Crippen LogP contribution in [0.1, 0.15) is 24.4 Å². The first-order valence-corrected chi connectivity index (χ1v) is 7.17. The zero-order valence-electron chi connectivity index (χ0n) is 11.3. The van der Waals surface area contributed by atoms with Crippen molar-refractivity contribution in [3.63, 3.8) is 0 Å². The highest BCUT2D eigenvalue weighted by molar-refractivity contribution is 5.84. The maximum absolute atomic E-state index is 9.20. The lowest BCUT2D eigenvalue weighted by Gasteiger charge is -2.45. The van der Waals surface area contributed by atoms with Gasteiger partial charge in [0.25, 0.3) is 0 Å². The summed E-state index contributed by atoms with van der Waals surface area (Å²) in [6.07, 6.45) is 2.48. The molecule has 2 bridgehead atoms. The fourth-order valence-electron chi connectivity index (χ4n) is 3.80. The van der Waals surface area contributed by atoms with Gasteiger partial charge in [0.05, 0.1) is 17.1 Å². The molecule has 5 heteroatoms. The first-order valence-electron chi connectivity index (χ1n) is 7.17. The fourth-order valence-corrected chi connectivity index (χ4v) is 3.80. The maximum atomic E-state index is 9.20. The van der Waals surface area contributed by atoms with E-state index in [2.05, 4.69) is 20.5 Å². The Kier molecular flexibility index (Phi) is 2.48. The Balaban J connectivity index is 1.88. The second-order valence-corrected chi connectivity index (χ2v) is 5.83. The number of para-hydroxylation sites is 1. The van der Waals surface area contributed by atoms with Gasteiger partial charge >= 0.3 is 0 Å². The minimum absolute atomic E-state index is 0.399. The first-order chi connectivity index (χ1) is 9.78. The molecular weight excluding hydrogens is 250 g/mol. The number of nitrogens with two attached hydrogens (primary N) is 1. The van der Waals surface area contributed by atoms with E-state index >= 15 is 0 Å². The molecule has 1 aromatic carbocycles. The van der Waals surface area contributed by atoms with E-state index in [1.54, 1.807) is 6.07 Å². The molecule has 5 nitrogen and oxygen atoms in total. The number of hydrogen-bond donors (Lipinski definition) is 1. The molecule has 0 radical (unpaired) electrons. The number of imidazole rings is 1. The predicted octanol–water partition coefficient (Wildman–Crippen LogP) is 1.76. The number of aromatic nitrogens is 2. The molecule has 20 heavy (non-hydrogen) atoms. The fraction of sp³-hybridized carbons (Fsp3) is 0.467. The second-order valence-electron chi connectivity index (χ2n) is 5.83. The van der Waals surface area contributed by atoms with E-state index in [-0.39, 0.29) is 0 Å². The monoisotopic (exact) mass is 267 g/mol. The van der Waals surface area contributed by atoms with Crippen LogP contribution < -0.4 is 5.73 Å². The highest BCUT2D eigenvalue weighted by Crippen LogP contribution is 2.38. The Hall–Kier alpha value is -2.06. The minimum Gasteiger partial charge on any atom is -0.369 e. The summed E-state index contributed by atoms with van der Waals surface area (Å²) in [6.45, 7) is 3.46. The molecule has 0 spiro atoms. The average molecular weight is 267 g/mol. The van der Waals surface area contributed by atoms with E-state index in [0.29, 0.717) is 23.5 Å². The second kappa shape index (κ2) is 4.22. The van der Waals surface area contributed by atoms with Gasteiger partial charge in [0, 0.05) is 6.54 Å². The van der Waals surface area contributed by atoms with Crippen molar-refractivity contribution in [2.24, 2.45) is 5.92 Å². The molecule has 0 saturated carbocycles. The van der Waals surface area contributed by atoms with Crippen LogP contribution in [0.3, 0.4) is 0 Å². The maximum Gasteiger partial charge on any atom is 0.201 e. The summed E-state index contributed by atoms with van der Waals surface area (Å²) >= 11 is 0. The lowest BCUT2D eigenvalue weighted by molar-refractivity contribution is 0.0598. The van der Waals surface area contributed by atoms with Crippen LogP contribution in [-0.4, -0.2) is 34.1 Å². The van der Waals surface area contributed by atoms with Crippen molar-refractivity contribution in [3.8, 4) is 6.07 Å². The zero-order chi connectivity index (χ0) is 13.7. The summed E-state index contributed by atoms with van der Waals surface area (Å²) in [5, 5.41) is 9.20. The molecule has 102 valence electrons. The van der Waals surface area contributed by atoms with E-state index in [0.717, 1.165) is 17.6 Å². The van der Waals surface area contributed by atoms with Gasteiger partial charge in [-0.25, -0.2) is 4.98 Å². The van der Waals surface area contributed by atoms with E-state index in [1.807, 2.05) is 12.1 Å². The van der Waals surface area contributed by atoms with Crippen LogP contribution in [0.2, 0.25) is 0 Å². The number of nitrogens with zero attached hydrogens (tertiary/aromatic N) is 4. The van der Waals surface area contributed by atoms with Crippen LogP contribution in [-0.2, 0) is 0 Å². The summed E-state index contributed by atoms with van der Waals surface area (Å²) in [5.74, 6) is 1.23. The van der Waals surface area contributed by atoms with Gasteiger partial charge in [0.15, 0.2) is 0 Å². The summed E-state index contributed by atoms with van der Waals surface area (Å²) < 4.78 is 2.16. The van der Waals surface area contributed by atoms with Crippen molar-refractivity contribution in [2.75, 3.05) is 25.4 Å². The molecule has 2 N–H and O–H groups in total. The molecule has 0 aliphatic carbocycles. The van der Waals surface area contributed by atoms with Crippen LogP contribution in [0.15, 0.2) is 18.2 Å². The molecule has 5 rings (SSSR count). The van der Waals surface area contributed by atoms with E-state index < -0.39 is 0 Å². The quantitative estimate of drug-likeness (QED) is 0.854. The topological polar surface area (TPSA) is 70.9 Å². The lowest BCUT2D eigenvalue weighted by Crippen LogP contribution is -2.48. The Labute approximate surface area is 117 Å². The number of nitriles is 1. The van der Waals surface area contributed by atoms with Crippen molar-refractivity contribution < 1.29 is 0 Å². The van der Waals surface area contributed by atoms with Crippen molar-refractivity contribution in [1.82, 2.24) is 14.5 Å². The van der Waals surface area contributed by atoms with Gasteiger partial charge in [-0.05, 0) is 44.0 Å². The Morgan fingerprint density at radius 1 is 1.30 bits per heavy atom. The Morgan fingerprint density at radius 3 is 2.75 bits per heavy atom. The smallest absolute Gasteiger partial charge is 0.201 e. The summed E-state index contributed by atoms with van der Waals surface area (Å²) in [7, 11) is 0. The molecule has 4 heterocycles. The summed E-state index contributed by atoms with van der Waals surface area (Å²) in [4.78, 5) is 6.95. The number of hydrogen-bond acceptors (Lipinski definition) is 4. The number of anilines is 1. The number of rotatable bonds is 1. The van der Waals surface area contributed by atoms with Crippen LogP contribution in [0.4, 0.5) is 5.95 Å². The van der Waals surface area contributed by atoms with Gasteiger partial charge in [-0.15, -0.1) is 0 Å². The summed E-state index contributed by atoms with van der Waals surface area (Å²) in [5.41, 5.74) is 8.51. The third kappa shape index (κ3) is 1.55. The van der Waals surface area contributed by atoms with Gasteiger partial charge in [-0.3, -0.25) is 0 Å². The third-order valence-corrected chi connectivity index (χ3v) is 4.82. The third-order valence-electron chi connectivity index (χ3n) is 4.82. The summed E-state index contributed by atoms with van der Waals surface area (Å²) in [6, 6.07) is 8.35. The van der Waals surface area contributed by atoms with E-state index in [9.17, 15) is 5.26 Å². The van der Waals surface area contributed by atoms with Crippen molar-refractivity contribution >= 4 is 17.0 Å². The van der Waals surface area contributed by atoms with Crippen LogP contribution in [0.25, 0.3) is 11.0 Å². The SMILES string of the molecule is N#Cc1cccc2c1nc(N)n2C1CN2CCC1CC2. The molecule has 0 amide bonds. The molecule has 1 atom stereocenters. The van der Waals surface area contributed by atoms with Gasteiger partial charge in [-0.2, -0.15) is 5.26 Å². The zero-order valence-corrected chi connectivity index (χ0v) is 11.3. The largest absolute Gasteiger partial charge is 0.369 e. The predicted molar refractivity (Wildman–Crippen MR) is 77.1 cm³/mol. The molecule has 3 aliphatic rings. The average Bonchev–Trinajstić information content (AvgIpc) is 2.84. The molecule has 2 aromatic rings. The highest BCUT2D eigenvalue weighted by Gasteiger charge is 2.36. The van der Waals surface area contributed by atoms with Crippen molar-refractivity contribution in [3.05, 3.63) is 23.8 Å². The highest BCUT2D eigenvalue weighted by atomic mass is 15.2. The minimum atomic E-state index is 0.399. The molecule has 3 fully saturated rings. The van der Waals surface area contributed by atoms with E-state index in [4.69, 9.17) is 5.73 Å². The molecule has 3 aliphatic heterocycles. The number of benzene rings is 1. The number of piperidine rings is 3. The van der Waals surface area contributed by atoms with E-state index in [1.165, 1.54) is 25.9 Å². The van der Waals surface area contributed by atoms with Gasteiger partial charge in [0.2, 0.25) is 5.95 Å². The normalized spacial score (nSPS) is 28.6. The van der Waals surface area contributed by atoms with Crippen molar-refractivity contribution in [1.29, 1.82) is 5.26 Å². The lowest BCUT2D eigenvalue weighted by atomic mass is 9.84. The molecule has 3 saturated heterocycles. The number of nitrogen functional groups attached to an aromatic ring is 1. The van der Waals surface area contributed by atoms with Gasteiger partial charge in [0.1, 0.15) is 11.6 Å². The first kappa shape index (κ1) is 11.7. The Morgan fingerprint density at radius 2 is 2.10 bits per heavy atom. The Bertz CT molecular complexity index is 703. The van der Waals surface area contributed by atoms with Crippen molar-refractivity contribution in [2.45, 2.75) is 18.9 Å². The molecule has 1 aromatic heterocycles. The van der Waals surface area contributed by atoms with Crippen LogP contribution in [0.5, 0.6) is 0 Å². The van der Waals surface area contributed by atoms with Gasteiger partial charge < -0.3 is 15.2 Å². The standard InChI is InChI=1S/C15H17N5/c16-8-11-2-1-3-12-14(11)18-15(17)20(12)13-9-19-6-4-10(13)5-7-19/h1-3,10,13H,4-7,9H2,(H2,17,18). The van der Waals surface area contributed by atoms with Gasteiger partial charge in [-0.1, -0.05) is 6.07 Å². The van der Waals surface area contributed by atoms with Crippen LogP contribution >= 0.6 is 0 Å². The molecule has 1 unspecified atom stereocenters. The molecular formula is C15H17N5.